The molecule has 8 nitrogen and oxygen atoms in total. The molecule has 33 heavy (non-hydrogen) atoms. The normalized spacial score (nSPS) is 13.9. The molecule has 0 aliphatic carbocycles. The lowest BCUT2D eigenvalue weighted by Crippen LogP contribution is -2.45. The number of β-amino-alcohol motifs (C(OH)–C–C–N with tert-alkyl or cyclic N) is 1. The summed E-state index contributed by atoms with van der Waals surface area (Å²) in [6.45, 7) is 5.07. The molecule has 176 valence electrons. The van der Waals surface area contributed by atoms with Crippen LogP contribution in [0.2, 0.25) is 5.02 Å². The van der Waals surface area contributed by atoms with Gasteiger partial charge in [0, 0.05) is 25.7 Å². The predicted octanol–water partition coefficient (Wildman–Crippen LogP) is 3.04. The van der Waals surface area contributed by atoms with Crippen LogP contribution in [0.4, 0.5) is 5.69 Å². The summed E-state index contributed by atoms with van der Waals surface area (Å²) < 4.78 is 10.3. The van der Waals surface area contributed by atoms with Gasteiger partial charge in [-0.25, -0.2) is 0 Å². The molecule has 0 radical (unpaired) electrons. The number of hydrogen-bond acceptors (Lipinski definition) is 6. The molecule has 3 rings (SSSR count). The molecule has 2 amide bonds. The van der Waals surface area contributed by atoms with Crippen molar-refractivity contribution in [3.05, 3.63) is 58.6 Å². The van der Waals surface area contributed by atoms with Gasteiger partial charge in [-0.05, 0) is 43.7 Å². The molecule has 0 aromatic heterocycles. The van der Waals surface area contributed by atoms with Gasteiger partial charge in [-0.15, -0.1) is 0 Å². The molecule has 2 aromatic rings. The number of nitrogens with zero attached hydrogens (tertiary/aromatic N) is 2. The zero-order valence-corrected chi connectivity index (χ0v) is 19.6. The first-order valence-corrected chi connectivity index (χ1v) is 10.9. The highest BCUT2D eigenvalue weighted by Crippen LogP contribution is 2.30. The highest BCUT2D eigenvalue weighted by Gasteiger charge is 2.32. The molecule has 1 aliphatic rings. The maximum absolute atomic E-state index is 13.4. The van der Waals surface area contributed by atoms with E-state index < -0.39 is 17.5 Å². The van der Waals surface area contributed by atoms with Gasteiger partial charge in [0.2, 0.25) is 5.91 Å². The Balaban J connectivity index is 1.83. The van der Waals surface area contributed by atoms with E-state index in [9.17, 15) is 19.5 Å². The van der Waals surface area contributed by atoms with E-state index in [0.717, 1.165) is 5.56 Å². The van der Waals surface area contributed by atoms with Crippen LogP contribution in [0.5, 0.6) is 5.75 Å². The van der Waals surface area contributed by atoms with Gasteiger partial charge in [0.25, 0.3) is 5.91 Å². The Morgan fingerprint density at radius 3 is 2.52 bits per heavy atom. The summed E-state index contributed by atoms with van der Waals surface area (Å²) in [6.07, 6.45) is 0. The second kappa shape index (κ2) is 10.2. The van der Waals surface area contributed by atoms with Crippen molar-refractivity contribution in [2.24, 2.45) is 0 Å². The molecule has 0 unspecified atom stereocenters. The van der Waals surface area contributed by atoms with E-state index in [0.29, 0.717) is 11.4 Å². The van der Waals surface area contributed by atoms with E-state index in [1.807, 2.05) is 12.1 Å². The summed E-state index contributed by atoms with van der Waals surface area (Å²) in [6, 6.07) is 11.9. The Hall–Kier alpha value is -3.10. The number of ether oxygens (including phenoxy) is 2. The number of hydrogen-bond donors (Lipinski definition) is 1. The lowest BCUT2D eigenvalue weighted by atomic mass is 10.1. The van der Waals surface area contributed by atoms with Crippen LogP contribution in [-0.2, 0) is 20.9 Å². The first kappa shape index (κ1) is 24.5. The number of rotatable bonds is 7. The van der Waals surface area contributed by atoms with Gasteiger partial charge in [0.1, 0.15) is 25.5 Å². The van der Waals surface area contributed by atoms with Crippen LogP contribution in [0.1, 0.15) is 36.7 Å². The lowest BCUT2D eigenvalue weighted by Gasteiger charge is -2.28. The Labute approximate surface area is 197 Å². The summed E-state index contributed by atoms with van der Waals surface area (Å²) in [5, 5.41) is 10.4. The fraction of sp³-hybridized carbons (Fsp3) is 0.375. The molecule has 1 aliphatic heterocycles. The van der Waals surface area contributed by atoms with Crippen molar-refractivity contribution in [1.29, 1.82) is 0 Å². The van der Waals surface area contributed by atoms with Gasteiger partial charge in [0.15, 0.2) is 0 Å². The van der Waals surface area contributed by atoms with Gasteiger partial charge in [-0.1, -0.05) is 29.8 Å². The third kappa shape index (κ3) is 6.46. The summed E-state index contributed by atoms with van der Waals surface area (Å²) >= 11 is 6.39. The second-order valence-electron chi connectivity index (χ2n) is 8.41. The maximum Gasteiger partial charge on any atom is 0.302 e. The molecule has 0 fully saturated rings. The number of carbonyl (C=O) groups excluding carboxylic acids is 3. The van der Waals surface area contributed by atoms with Crippen molar-refractivity contribution in [2.75, 3.05) is 31.2 Å². The van der Waals surface area contributed by atoms with Crippen LogP contribution in [0.3, 0.4) is 0 Å². The van der Waals surface area contributed by atoms with Crippen LogP contribution < -0.4 is 9.64 Å². The van der Waals surface area contributed by atoms with Crippen LogP contribution in [-0.4, -0.2) is 59.7 Å². The largest absolute Gasteiger partial charge is 0.490 e. The minimum Gasteiger partial charge on any atom is -0.490 e. The van der Waals surface area contributed by atoms with Crippen LogP contribution in [0, 0.1) is 0 Å². The van der Waals surface area contributed by atoms with Gasteiger partial charge < -0.3 is 19.5 Å². The number of para-hydroxylation sites is 1. The van der Waals surface area contributed by atoms with Crippen molar-refractivity contribution in [3.63, 3.8) is 0 Å². The summed E-state index contributed by atoms with van der Waals surface area (Å²) in [5.41, 5.74) is 0.565. The molecule has 1 N–H and O–H groups in total. The smallest absolute Gasteiger partial charge is 0.302 e. The van der Waals surface area contributed by atoms with E-state index >= 15 is 0 Å². The molecular formula is C24H27ClN2O6. The molecule has 0 saturated carbocycles. The number of anilines is 1. The molecule has 9 heteroatoms. The first-order valence-electron chi connectivity index (χ1n) is 10.5. The first-order chi connectivity index (χ1) is 15.5. The van der Waals surface area contributed by atoms with Crippen LogP contribution in [0.25, 0.3) is 0 Å². The minimum absolute atomic E-state index is 0.0987. The number of amides is 2. The zero-order valence-electron chi connectivity index (χ0n) is 18.8. The van der Waals surface area contributed by atoms with Crippen molar-refractivity contribution >= 4 is 35.1 Å². The lowest BCUT2D eigenvalue weighted by molar-refractivity contribution is -0.141. The van der Waals surface area contributed by atoms with E-state index in [2.05, 4.69) is 0 Å². The highest BCUT2D eigenvalue weighted by molar-refractivity contribution is 6.34. The number of fused-ring (bicyclic) bond motifs is 1. The van der Waals surface area contributed by atoms with Crippen LogP contribution in [0.15, 0.2) is 42.5 Å². The van der Waals surface area contributed by atoms with Gasteiger partial charge in [-0.3, -0.25) is 19.3 Å². The minimum atomic E-state index is -1.07. The van der Waals surface area contributed by atoms with Gasteiger partial charge in [-0.2, -0.15) is 0 Å². The van der Waals surface area contributed by atoms with E-state index in [-0.39, 0.29) is 49.3 Å². The molecule has 0 spiro atoms. The maximum atomic E-state index is 13.4. The topological polar surface area (TPSA) is 96.4 Å². The standard InChI is InChI=1S/C24H27ClN2O6/c1-16(28)32-10-11-33-18-8-9-19(20(25)12-18)23(30)27-14-22(29)26(15-24(2,3)31)13-17-6-4-5-7-21(17)27/h4-9,12,31H,10-11,13-15H2,1-3H3. The number of carbonyl (C=O) groups is 3. The fourth-order valence-electron chi connectivity index (χ4n) is 3.56. The number of aliphatic hydroxyl groups is 1. The monoisotopic (exact) mass is 474 g/mol. The molecular weight excluding hydrogens is 448 g/mol. The molecule has 0 saturated heterocycles. The van der Waals surface area contributed by atoms with Crippen molar-refractivity contribution in [1.82, 2.24) is 4.90 Å². The summed E-state index contributed by atoms with van der Waals surface area (Å²) in [7, 11) is 0. The molecule has 0 atom stereocenters. The number of benzene rings is 2. The Morgan fingerprint density at radius 1 is 1.12 bits per heavy atom. The molecule has 2 aromatic carbocycles. The van der Waals surface area contributed by atoms with Gasteiger partial charge in [0.05, 0.1) is 16.2 Å². The number of halogens is 1. The zero-order chi connectivity index (χ0) is 24.2. The SMILES string of the molecule is CC(=O)OCCOc1ccc(C(=O)N2CC(=O)N(CC(C)(C)O)Cc3ccccc32)c(Cl)c1. The van der Waals surface area contributed by atoms with Crippen molar-refractivity contribution in [2.45, 2.75) is 32.9 Å². The van der Waals surface area contributed by atoms with Gasteiger partial charge >= 0.3 is 5.97 Å². The molecule has 0 bridgehead atoms. The van der Waals surface area contributed by atoms with E-state index in [1.54, 1.807) is 43.0 Å². The average molecular weight is 475 g/mol. The summed E-state index contributed by atoms with van der Waals surface area (Å²) in [4.78, 5) is 40.2. The predicted molar refractivity (Wildman–Crippen MR) is 123 cm³/mol. The van der Waals surface area contributed by atoms with Crippen LogP contribution >= 0.6 is 11.6 Å². The fourth-order valence-corrected chi connectivity index (χ4v) is 3.82. The average Bonchev–Trinajstić information content (AvgIpc) is 2.86. The van der Waals surface area contributed by atoms with Crippen molar-refractivity contribution < 1.29 is 29.0 Å². The Bertz CT molecular complexity index is 1050. The highest BCUT2D eigenvalue weighted by atomic mass is 35.5. The number of esters is 1. The second-order valence-corrected chi connectivity index (χ2v) is 8.82. The Morgan fingerprint density at radius 2 is 1.85 bits per heavy atom. The third-order valence-electron chi connectivity index (χ3n) is 4.94. The van der Waals surface area contributed by atoms with Crippen molar-refractivity contribution in [3.8, 4) is 5.75 Å². The quantitative estimate of drug-likeness (QED) is 0.489. The summed E-state index contributed by atoms with van der Waals surface area (Å²) in [5.74, 6) is -0.668. The molecule has 1 heterocycles. The van der Waals surface area contributed by atoms with E-state index in [4.69, 9.17) is 21.1 Å². The Kier molecular flexibility index (Phi) is 7.61. The van der Waals surface area contributed by atoms with E-state index in [1.165, 1.54) is 17.9 Å². The third-order valence-corrected chi connectivity index (χ3v) is 5.25.